The van der Waals surface area contributed by atoms with Crippen molar-refractivity contribution >= 4 is 5.78 Å². The topological polar surface area (TPSA) is 40.5 Å². The number of hydrogen-bond acceptors (Lipinski definition) is 3. The highest BCUT2D eigenvalue weighted by atomic mass is 16.3. The largest absolute Gasteiger partial charge is 0.390 e. The molecule has 3 nitrogen and oxygen atoms in total. The lowest BCUT2D eigenvalue weighted by atomic mass is 9.94. The molecule has 0 radical (unpaired) electrons. The van der Waals surface area contributed by atoms with E-state index in [4.69, 9.17) is 0 Å². The highest BCUT2D eigenvalue weighted by molar-refractivity contribution is 5.75. The number of carbonyl (C=O) groups excluding carboxylic acids is 1. The van der Waals surface area contributed by atoms with Gasteiger partial charge in [-0.1, -0.05) is 0 Å². The zero-order valence-corrected chi connectivity index (χ0v) is 9.25. The monoisotopic (exact) mass is 199 g/mol. The zero-order valence-electron chi connectivity index (χ0n) is 9.25. The molecule has 1 aliphatic rings. The molecular weight excluding hydrogens is 178 g/mol. The van der Waals surface area contributed by atoms with Crippen LogP contribution in [0.2, 0.25) is 0 Å². The van der Waals surface area contributed by atoms with Crippen molar-refractivity contribution in [2.45, 2.75) is 45.1 Å². The number of hydrogen-bond donors (Lipinski definition) is 1. The summed E-state index contributed by atoms with van der Waals surface area (Å²) < 4.78 is 0. The summed E-state index contributed by atoms with van der Waals surface area (Å²) in [5, 5.41) is 9.73. The molecule has 82 valence electrons. The summed E-state index contributed by atoms with van der Waals surface area (Å²) in [6, 6.07) is 0. The Morgan fingerprint density at radius 1 is 1.43 bits per heavy atom. The van der Waals surface area contributed by atoms with Gasteiger partial charge in [0.25, 0.3) is 0 Å². The fraction of sp³-hybridized carbons (Fsp3) is 0.909. The maximum Gasteiger partial charge on any atom is 0.129 e. The van der Waals surface area contributed by atoms with Crippen molar-refractivity contribution in [2.24, 2.45) is 0 Å². The Kier molecular flexibility index (Phi) is 4.08. The molecule has 3 heteroatoms. The van der Waals surface area contributed by atoms with Crippen molar-refractivity contribution in [1.82, 2.24) is 4.90 Å². The molecule has 1 rings (SSSR count). The number of piperidine rings is 1. The Morgan fingerprint density at radius 3 is 2.50 bits per heavy atom. The lowest BCUT2D eigenvalue weighted by molar-refractivity contribution is -0.117. The number of likely N-dealkylation sites (tertiary alicyclic amines) is 1. The summed E-state index contributed by atoms with van der Waals surface area (Å²) in [6.45, 7) is 6.46. The van der Waals surface area contributed by atoms with Crippen molar-refractivity contribution in [2.75, 3.05) is 19.6 Å². The van der Waals surface area contributed by atoms with E-state index in [2.05, 4.69) is 4.90 Å². The lowest BCUT2D eigenvalue weighted by Gasteiger charge is -2.35. The molecular formula is C11H21NO2. The molecule has 0 unspecified atom stereocenters. The van der Waals surface area contributed by atoms with Gasteiger partial charge in [-0.2, -0.15) is 0 Å². The quantitative estimate of drug-likeness (QED) is 0.739. The predicted octanol–water partition coefficient (Wildman–Crippen LogP) is 1.20. The highest BCUT2D eigenvalue weighted by Gasteiger charge is 2.26. The SMILES string of the molecule is CC(=O)CCCN1CCC(C)(O)CC1. The molecule has 0 aromatic heterocycles. The second-order valence-electron chi connectivity index (χ2n) is 4.64. The van der Waals surface area contributed by atoms with Gasteiger partial charge < -0.3 is 14.8 Å². The fourth-order valence-corrected chi connectivity index (χ4v) is 1.81. The van der Waals surface area contributed by atoms with Gasteiger partial charge in [0.05, 0.1) is 5.60 Å². The van der Waals surface area contributed by atoms with Crippen LogP contribution < -0.4 is 0 Å². The van der Waals surface area contributed by atoms with Gasteiger partial charge in [-0.15, -0.1) is 0 Å². The Bertz CT molecular complexity index is 191. The van der Waals surface area contributed by atoms with E-state index in [1.54, 1.807) is 6.92 Å². The van der Waals surface area contributed by atoms with E-state index < -0.39 is 5.60 Å². The molecule has 0 aromatic rings. The molecule has 0 atom stereocenters. The van der Waals surface area contributed by atoms with Gasteiger partial charge in [0, 0.05) is 19.5 Å². The average Bonchev–Trinajstić information content (AvgIpc) is 2.07. The molecule has 0 spiro atoms. The summed E-state index contributed by atoms with van der Waals surface area (Å²) in [7, 11) is 0. The number of carbonyl (C=O) groups is 1. The molecule has 0 aromatic carbocycles. The standard InChI is InChI=1S/C11H21NO2/c1-10(13)4-3-7-12-8-5-11(2,14)6-9-12/h14H,3-9H2,1-2H3. The molecule has 0 amide bonds. The second kappa shape index (κ2) is 4.89. The zero-order chi connectivity index (χ0) is 10.6. The first kappa shape index (κ1) is 11.7. The molecule has 14 heavy (non-hydrogen) atoms. The molecule has 1 saturated heterocycles. The van der Waals surface area contributed by atoms with Crippen LogP contribution >= 0.6 is 0 Å². The van der Waals surface area contributed by atoms with Crippen LogP contribution in [0.15, 0.2) is 0 Å². The van der Waals surface area contributed by atoms with Gasteiger partial charge >= 0.3 is 0 Å². The second-order valence-corrected chi connectivity index (χ2v) is 4.64. The summed E-state index contributed by atoms with van der Waals surface area (Å²) in [4.78, 5) is 13.1. The van der Waals surface area contributed by atoms with Crippen LogP contribution in [0.1, 0.15) is 39.5 Å². The minimum absolute atomic E-state index is 0.272. The maximum absolute atomic E-state index is 10.7. The van der Waals surface area contributed by atoms with Crippen LogP contribution in [0.3, 0.4) is 0 Å². The Hall–Kier alpha value is -0.410. The highest BCUT2D eigenvalue weighted by Crippen LogP contribution is 2.21. The fourth-order valence-electron chi connectivity index (χ4n) is 1.81. The first-order chi connectivity index (χ1) is 6.49. The third-order valence-electron chi connectivity index (χ3n) is 2.94. The number of Topliss-reactive ketones (excluding diaryl/α,β-unsaturated/α-hetero) is 1. The number of aliphatic hydroxyl groups is 1. The number of rotatable bonds is 4. The van der Waals surface area contributed by atoms with Crippen LogP contribution in [0.4, 0.5) is 0 Å². The predicted molar refractivity (Wildman–Crippen MR) is 56.2 cm³/mol. The van der Waals surface area contributed by atoms with Gasteiger partial charge in [0.2, 0.25) is 0 Å². The van der Waals surface area contributed by atoms with Crippen LogP contribution in [0.25, 0.3) is 0 Å². The van der Waals surface area contributed by atoms with Crippen LogP contribution in [-0.4, -0.2) is 41.0 Å². The minimum atomic E-state index is -0.461. The number of ketones is 1. The lowest BCUT2D eigenvalue weighted by Crippen LogP contribution is -2.42. The maximum atomic E-state index is 10.7. The summed E-state index contributed by atoms with van der Waals surface area (Å²) in [5.74, 6) is 0.272. The molecule has 1 heterocycles. The molecule has 1 aliphatic heterocycles. The normalized spacial score (nSPS) is 22.2. The van der Waals surface area contributed by atoms with Gasteiger partial charge in [-0.3, -0.25) is 0 Å². The van der Waals surface area contributed by atoms with Crippen molar-refractivity contribution < 1.29 is 9.90 Å². The number of nitrogens with zero attached hydrogens (tertiary/aromatic N) is 1. The molecule has 1 fully saturated rings. The first-order valence-electron chi connectivity index (χ1n) is 5.44. The summed E-state index contributed by atoms with van der Waals surface area (Å²) in [6.07, 6.45) is 3.35. The third kappa shape index (κ3) is 4.20. The summed E-state index contributed by atoms with van der Waals surface area (Å²) >= 11 is 0. The van der Waals surface area contributed by atoms with E-state index in [-0.39, 0.29) is 5.78 Å². The Balaban J connectivity index is 2.13. The van der Waals surface area contributed by atoms with Crippen LogP contribution in [0, 0.1) is 0 Å². The van der Waals surface area contributed by atoms with Crippen molar-refractivity contribution in [3.8, 4) is 0 Å². The Morgan fingerprint density at radius 2 is 2.00 bits per heavy atom. The molecule has 1 N–H and O–H groups in total. The minimum Gasteiger partial charge on any atom is -0.390 e. The van der Waals surface area contributed by atoms with Crippen molar-refractivity contribution in [3.63, 3.8) is 0 Å². The van der Waals surface area contributed by atoms with E-state index >= 15 is 0 Å². The van der Waals surface area contributed by atoms with E-state index in [0.717, 1.165) is 38.9 Å². The van der Waals surface area contributed by atoms with Crippen LogP contribution in [-0.2, 0) is 4.79 Å². The van der Waals surface area contributed by atoms with Gasteiger partial charge in [-0.05, 0) is 39.7 Å². The van der Waals surface area contributed by atoms with Crippen molar-refractivity contribution in [3.05, 3.63) is 0 Å². The van der Waals surface area contributed by atoms with Crippen LogP contribution in [0.5, 0.6) is 0 Å². The van der Waals surface area contributed by atoms with Gasteiger partial charge in [-0.25, -0.2) is 0 Å². The average molecular weight is 199 g/mol. The molecule has 0 saturated carbocycles. The first-order valence-corrected chi connectivity index (χ1v) is 5.44. The van der Waals surface area contributed by atoms with Gasteiger partial charge in [0.15, 0.2) is 0 Å². The third-order valence-corrected chi connectivity index (χ3v) is 2.94. The van der Waals surface area contributed by atoms with E-state index in [0.29, 0.717) is 6.42 Å². The van der Waals surface area contributed by atoms with E-state index in [9.17, 15) is 9.90 Å². The van der Waals surface area contributed by atoms with Crippen molar-refractivity contribution in [1.29, 1.82) is 0 Å². The molecule has 0 bridgehead atoms. The van der Waals surface area contributed by atoms with E-state index in [1.165, 1.54) is 0 Å². The molecule has 0 aliphatic carbocycles. The van der Waals surface area contributed by atoms with Gasteiger partial charge in [0.1, 0.15) is 5.78 Å². The Labute approximate surface area is 86.1 Å². The van der Waals surface area contributed by atoms with E-state index in [1.807, 2.05) is 6.92 Å². The smallest absolute Gasteiger partial charge is 0.129 e. The summed E-state index contributed by atoms with van der Waals surface area (Å²) in [5.41, 5.74) is -0.461.